The monoisotopic (exact) mass is 473 g/mol. The Hall–Kier alpha value is -2.92. The average molecular weight is 474 g/mol. The second-order valence-electron chi connectivity index (χ2n) is 8.60. The van der Waals surface area contributed by atoms with E-state index in [2.05, 4.69) is 25.6 Å². The van der Waals surface area contributed by atoms with E-state index in [1.807, 2.05) is 0 Å². The molecule has 0 fully saturated rings. The number of aromatic nitrogens is 2. The highest BCUT2D eigenvalue weighted by Crippen LogP contribution is 2.39. The Morgan fingerprint density at radius 3 is 2.55 bits per heavy atom. The van der Waals surface area contributed by atoms with Crippen molar-refractivity contribution < 1.29 is 23.3 Å². The zero-order valence-corrected chi connectivity index (χ0v) is 19.5. The SMILES string of the molecule is CO[C@@H]1COc2c(S(=O)(=NC(=O)Nc3c4c(cc5c3CCC5)CCC4)NC(C)=O)cnn2C1. The van der Waals surface area contributed by atoms with Crippen LogP contribution in [0.2, 0.25) is 0 Å². The van der Waals surface area contributed by atoms with E-state index in [0.29, 0.717) is 6.54 Å². The van der Waals surface area contributed by atoms with E-state index in [9.17, 15) is 13.8 Å². The Labute approximate surface area is 192 Å². The van der Waals surface area contributed by atoms with Crippen molar-refractivity contribution >= 4 is 27.5 Å². The number of carbonyl (C=O) groups is 2. The van der Waals surface area contributed by atoms with Gasteiger partial charge in [0.25, 0.3) is 0 Å². The van der Waals surface area contributed by atoms with E-state index in [0.717, 1.165) is 55.3 Å². The molecule has 1 aliphatic heterocycles. The molecule has 0 saturated carbocycles. The molecule has 1 aromatic heterocycles. The van der Waals surface area contributed by atoms with Crippen LogP contribution in [-0.2, 0) is 51.7 Å². The number of amides is 3. The summed E-state index contributed by atoms with van der Waals surface area (Å²) in [6.45, 7) is 1.86. The van der Waals surface area contributed by atoms with Gasteiger partial charge >= 0.3 is 6.03 Å². The summed E-state index contributed by atoms with van der Waals surface area (Å²) in [6, 6.07) is 1.50. The molecule has 10 nitrogen and oxygen atoms in total. The molecule has 11 heteroatoms. The molecule has 0 bridgehead atoms. The van der Waals surface area contributed by atoms with Crippen LogP contribution in [0.3, 0.4) is 0 Å². The lowest BCUT2D eigenvalue weighted by Crippen LogP contribution is -2.34. The maximum absolute atomic E-state index is 13.8. The van der Waals surface area contributed by atoms with Crippen LogP contribution in [0.15, 0.2) is 21.5 Å². The Kier molecular flexibility index (Phi) is 5.61. The number of hydrogen-bond donors (Lipinski definition) is 2. The first-order valence-electron chi connectivity index (χ1n) is 11.1. The maximum Gasteiger partial charge on any atom is 0.355 e. The van der Waals surface area contributed by atoms with Crippen molar-refractivity contribution in [3.05, 3.63) is 34.5 Å². The van der Waals surface area contributed by atoms with Gasteiger partial charge in [-0.1, -0.05) is 6.07 Å². The van der Waals surface area contributed by atoms with E-state index >= 15 is 0 Å². The highest BCUT2D eigenvalue weighted by atomic mass is 32.2. The summed E-state index contributed by atoms with van der Waals surface area (Å²) in [6.07, 6.45) is 6.98. The zero-order valence-electron chi connectivity index (χ0n) is 18.7. The third-order valence-electron chi connectivity index (χ3n) is 6.37. The van der Waals surface area contributed by atoms with Gasteiger partial charge in [-0.3, -0.25) is 9.52 Å². The number of fused-ring (bicyclic) bond motifs is 3. The van der Waals surface area contributed by atoms with Crippen LogP contribution in [0.4, 0.5) is 10.5 Å². The number of anilines is 1. The number of aryl methyl sites for hydroxylation is 2. The van der Waals surface area contributed by atoms with Crippen molar-refractivity contribution in [1.29, 1.82) is 0 Å². The second kappa shape index (κ2) is 8.45. The predicted molar refractivity (Wildman–Crippen MR) is 121 cm³/mol. The van der Waals surface area contributed by atoms with E-state index in [1.54, 1.807) is 7.11 Å². The van der Waals surface area contributed by atoms with Crippen LogP contribution < -0.4 is 14.8 Å². The van der Waals surface area contributed by atoms with Crippen LogP contribution in [0.5, 0.6) is 5.88 Å². The molecule has 176 valence electrons. The number of nitrogens with one attached hydrogen (secondary N) is 2. The van der Waals surface area contributed by atoms with Gasteiger partial charge in [0, 0.05) is 19.7 Å². The summed E-state index contributed by atoms with van der Waals surface area (Å²) in [7, 11) is -2.10. The minimum Gasteiger partial charge on any atom is -0.474 e. The molecule has 1 aromatic carbocycles. The summed E-state index contributed by atoms with van der Waals surface area (Å²) in [4.78, 5) is 25.0. The van der Waals surface area contributed by atoms with Gasteiger partial charge in [-0.2, -0.15) is 5.10 Å². The topological polar surface area (TPSA) is 124 Å². The number of rotatable bonds is 4. The summed E-state index contributed by atoms with van der Waals surface area (Å²) < 4.78 is 32.6. The fraction of sp³-hybridized carbons (Fsp3) is 0.500. The van der Waals surface area contributed by atoms with Gasteiger partial charge in [0.2, 0.25) is 11.8 Å². The molecular formula is C22H27N5O5S. The number of carbonyl (C=O) groups excluding carboxylic acids is 2. The number of ether oxygens (including phenoxy) is 2. The molecule has 2 heterocycles. The first-order chi connectivity index (χ1) is 15.9. The number of benzene rings is 1. The van der Waals surface area contributed by atoms with E-state index in [4.69, 9.17) is 9.47 Å². The van der Waals surface area contributed by atoms with Crippen LogP contribution in [0.25, 0.3) is 0 Å². The lowest BCUT2D eigenvalue weighted by Gasteiger charge is -2.23. The highest BCUT2D eigenvalue weighted by molar-refractivity contribution is 7.92. The van der Waals surface area contributed by atoms with Gasteiger partial charge in [-0.25, -0.2) is 13.7 Å². The number of urea groups is 1. The minimum atomic E-state index is -3.67. The molecule has 0 saturated heterocycles. The smallest absolute Gasteiger partial charge is 0.355 e. The third-order valence-corrected chi connectivity index (χ3v) is 8.24. The number of methoxy groups -OCH3 is 1. The summed E-state index contributed by atoms with van der Waals surface area (Å²) in [5.74, 6) is -0.372. The normalized spacial score (nSPS) is 20.1. The Morgan fingerprint density at radius 2 is 1.91 bits per heavy atom. The molecule has 0 radical (unpaired) electrons. The van der Waals surface area contributed by atoms with Gasteiger partial charge in [-0.05, 0) is 60.8 Å². The first kappa shape index (κ1) is 21.9. The van der Waals surface area contributed by atoms with Gasteiger partial charge in [0.05, 0.1) is 12.7 Å². The fourth-order valence-corrected chi connectivity index (χ4v) is 6.43. The maximum atomic E-state index is 13.8. The van der Waals surface area contributed by atoms with E-state index < -0.39 is 21.9 Å². The van der Waals surface area contributed by atoms with Crippen molar-refractivity contribution in [3.8, 4) is 5.88 Å². The van der Waals surface area contributed by atoms with Gasteiger partial charge in [0.1, 0.15) is 17.6 Å². The van der Waals surface area contributed by atoms with Gasteiger partial charge < -0.3 is 14.8 Å². The Balaban J connectivity index is 1.52. The largest absolute Gasteiger partial charge is 0.474 e. The average Bonchev–Trinajstić information content (AvgIpc) is 3.51. The van der Waals surface area contributed by atoms with Crippen LogP contribution in [0, 0.1) is 0 Å². The molecule has 33 heavy (non-hydrogen) atoms. The number of nitrogens with zero attached hydrogens (tertiary/aromatic N) is 3. The van der Waals surface area contributed by atoms with Crippen LogP contribution >= 0.6 is 0 Å². The van der Waals surface area contributed by atoms with Crippen LogP contribution in [0.1, 0.15) is 42.0 Å². The molecule has 0 spiro atoms. The van der Waals surface area contributed by atoms with Crippen molar-refractivity contribution in [1.82, 2.24) is 14.5 Å². The lowest BCUT2D eigenvalue weighted by atomic mass is 9.99. The van der Waals surface area contributed by atoms with Gasteiger partial charge in [0.15, 0.2) is 9.92 Å². The number of hydrogen-bond acceptors (Lipinski definition) is 6. The summed E-state index contributed by atoms with van der Waals surface area (Å²) in [5, 5.41) is 7.11. The minimum absolute atomic E-state index is 0.0610. The molecule has 5 rings (SSSR count). The molecule has 1 unspecified atom stereocenters. The second-order valence-corrected chi connectivity index (χ2v) is 10.5. The van der Waals surface area contributed by atoms with Crippen LogP contribution in [-0.4, -0.2) is 45.7 Å². The van der Waals surface area contributed by atoms with Gasteiger partial charge in [-0.15, -0.1) is 4.36 Å². The Bertz CT molecular complexity index is 1230. The van der Waals surface area contributed by atoms with E-state index in [1.165, 1.54) is 28.9 Å². The third kappa shape index (κ3) is 3.99. The fourth-order valence-electron chi connectivity index (χ4n) is 4.92. The van der Waals surface area contributed by atoms with Crippen molar-refractivity contribution in [2.75, 3.05) is 19.0 Å². The van der Waals surface area contributed by atoms with E-state index in [-0.39, 0.29) is 23.5 Å². The molecule has 2 aromatic rings. The van der Waals surface area contributed by atoms with Crippen molar-refractivity contribution in [3.63, 3.8) is 0 Å². The standard InChI is InChI=1S/C22H27N5O5S/c1-13(28)25-33(30,19-10-23-27-11-16(31-2)12-32-21(19)27)26-22(29)24-20-17-7-3-5-14(17)9-15-6-4-8-18(15)20/h9-10,16H,3-8,11-12H2,1-2H3,(H2,24,25,26,28,29,30)/t16-,33?/m0/s1. The van der Waals surface area contributed by atoms with Crippen molar-refractivity contribution in [2.24, 2.45) is 4.36 Å². The summed E-state index contributed by atoms with van der Waals surface area (Å²) >= 11 is 0. The molecule has 2 N–H and O–H groups in total. The molecular weight excluding hydrogens is 446 g/mol. The van der Waals surface area contributed by atoms with Crippen molar-refractivity contribution in [2.45, 2.75) is 63.0 Å². The molecule has 3 amide bonds. The molecule has 2 atom stereocenters. The first-order valence-corrected chi connectivity index (χ1v) is 12.6. The molecule has 2 aliphatic carbocycles. The zero-order chi connectivity index (χ0) is 23.2. The Morgan fingerprint density at radius 1 is 1.21 bits per heavy atom. The quantitative estimate of drug-likeness (QED) is 0.703. The predicted octanol–water partition coefficient (Wildman–Crippen LogP) is 2.38. The lowest BCUT2D eigenvalue weighted by molar-refractivity contribution is -0.117. The molecule has 3 aliphatic rings. The highest BCUT2D eigenvalue weighted by Gasteiger charge is 2.31. The summed E-state index contributed by atoms with van der Waals surface area (Å²) in [5.41, 5.74) is 5.61.